The first-order valence-electron chi connectivity index (χ1n) is 6.31. The van der Waals surface area contributed by atoms with E-state index in [0.717, 1.165) is 12.8 Å². The topological polar surface area (TPSA) is 97.5 Å². The number of nitro benzene ring substituents is 1. The van der Waals surface area contributed by atoms with E-state index in [9.17, 15) is 19.1 Å². The van der Waals surface area contributed by atoms with Crippen molar-refractivity contribution in [3.05, 3.63) is 38.9 Å². The van der Waals surface area contributed by atoms with Crippen LogP contribution in [-0.4, -0.2) is 26.0 Å². The molecule has 6 nitrogen and oxygen atoms in total. The molecule has 1 unspecified atom stereocenters. The average Bonchev–Trinajstić information content (AvgIpc) is 3.06. The molecule has 1 aliphatic carbocycles. The van der Waals surface area contributed by atoms with Gasteiger partial charge in [0.05, 0.1) is 17.1 Å². The summed E-state index contributed by atoms with van der Waals surface area (Å²) in [5.41, 5.74) is -0.197. The minimum Gasteiger partial charge on any atom is -0.481 e. The minimum atomic E-state index is -1.36. The van der Waals surface area contributed by atoms with E-state index in [2.05, 4.69) is 0 Å². The summed E-state index contributed by atoms with van der Waals surface area (Å²) < 4.78 is 12.2. The van der Waals surface area contributed by atoms with Crippen molar-refractivity contribution in [1.29, 1.82) is 0 Å². The predicted octanol–water partition coefficient (Wildman–Crippen LogP) is 2.75. The van der Waals surface area contributed by atoms with E-state index in [4.69, 9.17) is 16.7 Å². The molecule has 21 heavy (non-hydrogen) atoms. The highest BCUT2D eigenvalue weighted by Crippen LogP contribution is 2.49. The second-order valence-corrected chi connectivity index (χ2v) is 7.22. The summed E-state index contributed by atoms with van der Waals surface area (Å²) in [6.07, 6.45) is 1.47. The van der Waals surface area contributed by atoms with Gasteiger partial charge in [-0.25, -0.2) is 0 Å². The van der Waals surface area contributed by atoms with Crippen molar-refractivity contribution in [2.45, 2.75) is 25.0 Å². The van der Waals surface area contributed by atoms with E-state index >= 15 is 0 Å². The van der Waals surface area contributed by atoms with Gasteiger partial charge in [-0.15, -0.1) is 0 Å². The molecule has 1 atom stereocenters. The molecule has 0 spiro atoms. The molecule has 1 aromatic carbocycles. The van der Waals surface area contributed by atoms with E-state index in [1.165, 1.54) is 18.2 Å². The van der Waals surface area contributed by atoms with Crippen LogP contribution in [0.1, 0.15) is 24.8 Å². The molecule has 1 aromatic rings. The number of nitrogens with zero attached hydrogens (tertiary/aromatic N) is 1. The van der Waals surface area contributed by atoms with Crippen LogP contribution in [0, 0.1) is 15.5 Å². The Morgan fingerprint density at radius 2 is 2.14 bits per heavy atom. The lowest BCUT2D eigenvalue weighted by atomic mass is 10.1. The molecule has 0 heterocycles. The van der Waals surface area contributed by atoms with E-state index < -0.39 is 27.1 Å². The number of benzene rings is 1. The predicted molar refractivity (Wildman–Crippen MR) is 78.7 cm³/mol. The lowest BCUT2D eigenvalue weighted by Gasteiger charge is -2.12. The summed E-state index contributed by atoms with van der Waals surface area (Å²) in [5.74, 6) is -0.639. The number of aliphatic carboxylic acids is 1. The Balaban J connectivity index is 2.08. The zero-order valence-electron chi connectivity index (χ0n) is 11.1. The standard InChI is InChI=1S/C13H14ClNO5S/c14-10-1-2-11(15(18)19)9(5-10)7-21(20)8-13(3-4-13)6-12(16)17/h1-2,5H,3-4,6-8H2,(H,16,17). The van der Waals surface area contributed by atoms with Gasteiger partial charge in [-0.1, -0.05) is 11.6 Å². The molecule has 8 heteroatoms. The second-order valence-electron chi connectivity index (χ2n) is 5.33. The van der Waals surface area contributed by atoms with Crippen LogP contribution in [0.5, 0.6) is 0 Å². The SMILES string of the molecule is O=C(O)CC1(CS(=O)Cc2cc(Cl)ccc2[N+](=O)[O-])CC1. The Morgan fingerprint density at radius 1 is 1.48 bits per heavy atom. The number of halogens is 1. The van der Waals surface area contributed by atoms with Gasteiger partial charge in [-0.05, 0) is 30.4 Å². The Bertz CT molecular complexity index is 615. The summed E-state index contributed by atoms with van der Waals surface area (Å²) in [6.45, 7) is 0. The fourth-order valence-electron chi connectivity index (χ4n) is 2.28. The number of carbonyl (C=O) groups is 1. The van der Waals surface area contributed by atoms with Crippen molar-refractivity contribution in [1.82, 2.24) is 0 Å². The molecule has 1 N–H and O–H groups in total. The first-order chi connectivity index (χ1) is 9.81. The van der Waals surface area contributed by atoms with Gasteiger partial charge in [0.2, 0.25) is 0 Å². The molecule has 0 aromatic heterocycles. The fourth-order valence-corrected chi connectivity index (χ4v) is 4.23. The van der Waals surface area contributed by atoms with E-state index in [-0.39, 0.29) is 23.6 Å². The van der Waals surface area contributed by atoms with E-state index in [1.807, 2.05) is 0 Å². The third kappa shape index (κ3) is 4.25. The van der Waals surface area contributed by atoms with Gasteiger partial charge >= 0.3 is 5.97 Å². The number of rotatable bonds is 7. The third-order valence-corrected chi connectivity index (χ3v) is 5.31. The maximum atomic E-state index is 12.2. The van der Waals surface area contributed by atoms with Gasteiger partial charge in [-0.2, -0.15) is 0 Å². The quantitative estimate of drug-likeness (QED) is 0.612. The Morgan fingerprint density at radius 3 is 2.67 bits per heavy atom. The van der Waals surface area contributed by atoms with Crippen molar-refractivity contribution in [2.75, 3.05) is 5.75 Å². The number of hydrogen-bond donors (Lipinski definition) is 1. The molecule has 0 saturated heterocycles. The summed E-state index contributed by atoms with van der Waals surface area (Å²) in [7, 11) is -1.36. The monoisotopic (exact) mass is 331 g/mol. The maximum absolute atomic E-state index is 12.2. The van der Waals surface area contributed by atoms with Crippen LogP contribution in [0.25, 0.3) is 0 Å². The first-order valence-corrected chi connectivity index (χ1v) is 8.17. The molecular formula is C13H14ClNO5S. The summed E-state index contributed by atoms with van der Waals surface area (Å²) in [5, 5.41) is 20.1. The molecule has 0 amide bonds. The van der Waals surface area contributed by atoms with Gasteiger partial charge < -0.3 is 5.11 Å². The van der Waals surface area contributed by atoms with Crippen molar-refractivity contribution in [2.24, 2.45) is 5.41 Å². The Labute approximate surface area is 128 Å². The summed E-state index contributed by atoms with van der Waals surface area (Å²) >= 11 is 5.82. The van der Waals surface area contributed by atoms with Crippen LogP contribution in [0.15, 0.2) is 18.2 Å². The molecule has 114 valence electrons. The number of hydrogen-bond acceptors (Lipinski definition) is 4. The highest BCUT2D eigenvalue weighted by Gasteiger charge is 2.45. The molecule has 0 bridgehead atoms. The minimum absolute atomic E-state index is 0.00359. The third-order valence-electron chi connectivity index (χ3n) is 3.51. The van der Waals surface area contributed by atoms with Gasteiger partial charge in [0, 0.05) is 33.2 Å². The van der Waals surface area contributed by atoms with Crippen LogP contribution >= 0.6 is 11.6 Å². The van der Waals surface area contributed by atoms with Crippen LogP contribution in [0.4, 0.5) is 5.69 Å². The van der Waals surface area contributed by atoms with E-state index in [0.29, 0.717) is 10.6 Å². The first kappa shape index (κ1) is 15.9. The molecule has 1 saturated carbocycles. The molecule has 2 rings (SSSR count). The van der Waals surface area contributed by atoms with Crippen LogP contribution in [-0.2, 0) is 21.3 Å². The summed E-state index contributed by atoms with van der Waals surface area (Å²) in [4.78, 5) is 21.2. The van der Waals surface area contributed by atoms with E-state index in [1.54, 1.807) is 0 Å². The van der Waals surface area contributed by atoms with Gasteiger partial charge in [-0.3, -0.25) is 19.1 Å². The van der Waals surface area contributed by atoms with Crippen LogP contribution in [0.2, 0.25) is 5.02 Å². The highest BCUT2D eigenvalue weighted by atomic mass is 35.5. The van der Waals surface area contributed by atoms with Crippen molar-refractivity contribution >= 4 is 34.1 Å². The number of nitro groups is 1. The number of carboxylic acid groups (broad SMARTS) is 1. The second kappa shape index (κ2) is 6.11. The Hall–Kier alpha value is -1.47. The van der Waals surface area contributed by atoms with Gasteiger partial charge in [0.25, 0.3) is 5.69 Å². The Kier molecular flexibility index (Phi) is 4.63. The normalized spacial score (nSPS) is 17.2. The highest BCUT2D eigenvalue weighted by molar-refractivity contribution is 7.84. The lowest BCUT2D eigenvalue weighted by Crippen LogP contribution is -2.17. The molecule has 0 radical (unpaired) electrons. The average molecular weight is 332 g/mol. The summed E-state index contributed by atoms with van der Waals surface area (Å²) in [6, 6.07) is 4.15. The van der Waals surface area contributed by atoms with Crippen molar-refractivity contribution in [3.63, 3.8) is 0 Å². The smallest absolute Gasteiger partial charge is 0.303 e. The van der Waals surface area contributed by atoms with Crippen molar-refractivity contribution < 1.29 is 19.0 Å². The van der Waals surface area contributed by atoms with Gasteiger partial charge in [0.15, 0.2) is 0 Å². The number of carboxylic acids is 1. The zero-order chi connectivity index (χ0) is 15.6. The molecule has 1 fully saturated rings. The van der Waals surface area contributed by atoms with Crippen LogP contribution < -0.4 is 0 Å². The maximum Gasteiger partial charge on any atom is 0.303 e. The van der Waals surface area contributed by atoms with Crippen LogP contribution in [0.3, 0.4) is 0 Å². The molecule has 1 aliphatic rings. The molecule has 0 aliphatic heterocycles. The zero-order valence-corrected chi connectivity index (χ0v) is 12.7. The largest absolute Gasteiger partial charge is 0.481 e. The fraction of sp³-hybridized carbons (Fsp3) is 0.462. The lowest BCUT2D eigenvalue weighted by molar-refractivity contribution is -0.385. The van der Waals surface area contributed by atoms with Gasteiger partial charge in [0.1, 0.15) is 0 Å². The molecular weight excluding hydrogens is 318 g/mol. The van der Waals surface area contributed by atoms with Crippen molar-refractivity contribution in [3.8, 4) is 0 Å².